The molecule has 25 heavy (non-hydrogen) atoms. The van der Waals surface area contributed by atoms with E-state index in [1.54, 1.807) is 27.9 Å². The number of methoxy groups -OCH3 is 1. The van der Waals surface area contributed by atoms with Gasteiger partial charge in [-0.05, 0) is 27.7 Å². The van der Waals surface area contributed by atoms with Crippen LogP contribution in [-0.4, -0.2) is 57.1 Å². The Labute approximate surface area is 150 Å². The van der Waals surface area contributed by atoms with Crippen molar-refractivity contribution < 1.29 is 23.8 Å². The molecule has 148 valence electrons. The number of carbonyl (C=O) groups excluding carboxylic acids is 2. The number of hydrogen-bond donors (Lipinski definition) is 5. The molecule has 0 aromatic rings. The Kier molecular flexibility index (Phi) is 12.5. The second kappa shape index (κ2) is 13.1. The summed E-state index contributed by atoms with van der Waals surface area (Å²) in [5.74, 6) is -0.371. The van der Waals surface area contributed by atoms with Crippen LogP contribution in [0.15, 0.2) is 0 Å². The van der Waals surface area contributed by atoms with Crippen LogP contribution in [0.4, 0.5) is 4.79 Å². The fourth-order valence-corrected chi connectivity index (χ4v) is 2.58. The largest absolute Gasteiger partial charge is 0.443 e. The number of hydrogen-bond acceptors (Lipinski definition) is 6. The predicted molar refractivity (Wildman–Crippen MR) is 96.5 cm³/mol. The summed E-state index contributed by atoms with van der Waals surface area (Å²) in [7, 11) is -0.124. The molecular formula is C14H32N5O5P. The van der Waals surface area contributed by atoms with Gasteiger partial charge in [0.15, 0.2) is 0 Å². The average molecular weight is 381 g/mol. The number of ether oxygens (including phenoxy) is 3. The molecule has 0 saturated carbocycles. The van der Waals surface area contributed by atoms with Crippen LogP contribution in [0.5, 0.6) is 0 Å². The van der Waals surface area contributed by atoms with Crippen LogP contribution in [-0.2, 0) is 19.0 Å². The van der Waals surface area contributed by atoms with E-state index < -0.39 is 19.7 Å². The Morgan fingerprint density at radius 3 is 2.48 bits per heavy atom. The third-order valence-electron chi connectivity index (χ3n) is 2.55. The summed E-state index contributed by atoms with van der Waals surface area (Å²) in [6.45, 7) is 8.97. The smallest absolute Gasteiger partial charge is 0.426 e. The van der Waals surface area contributed by atoms with Gasteiger partial charge in [-0.1, -0.05) is 0 Å². The van der Waals surface area contributed by atoms with Crippen molar-refractivity contribution in [1.82, 2.24) is 21.0 Å². The van der Waals surface area contributed by atoms with Gasteiger partial charge in [-0.15, -0.1) is 0 Å². The number of carbonyl (C=O) groups is 2. The molecule has 2 unspecified atom stereocenters. The molecule has 0 aliphatic rings. The lowest BCUT2D eigenvalue weighted by molar-refractivity contribution is -0.121. The van der Waals surface area contributed by atoms with E-state index in [0.29, 0.717) is 26.4 Å². The van der Waals surface area contributed by atoms with Crippen LogP contribution in [0.25, 0.3) is 0 Å². The highest BCUT2D eigenvalue weighted by Gasteiger charge is 2.16. The first-order chi connectivity index (χ1) is 11.6. The lowest BCUT2D eigenvalue weighted by Crippen LogP contribution is -2.44. The maximum atomic E-state index is 11.6. The zero-order chi connectivity index (χ0) is 19.3. The van der Waals surface area contributed by atoms with Gasteiger partial charge in [0.25, 0.3) is 0 Å². The van der Waals surface area contributed by atoms with E-state index in [0.717, 1.165) is 0 Å². The predicted octanol–water partition coefficient (Wildman–Crippen LogP) is 0.970. The fraction of sp³-hybridized carbons (Fsp3) is 0.857. The van der Waals surface area contributed by atoms with E-state index >= 15 is 0 Å². The Hall–Kier alpha value is -1.19. The zero-order valence-corrected chi connectivity index (χ0v) is 16.7. The number of rotatable bonds is 11. The minimum atomic E-state index is -1.73. The topological polar surface area (TPSA) is 134 Å². The molecule has 0 aliphatic heterocycles. The van der Waals surface area contributed by atoms with Gasteiger partial charge in [0.2, 0.25) is 5.91 Å². The second-order valence-corrected chi connectivity index (χ2v) is 7.73. The van der Waals surface area contributed by atoms with E-state index in [4.69, 9.17) is 19.4 Å². The molecule has 0 rings (SSSR count). The van der Waals surface area contributed by atoms with Gasteiger partial charge < -0.3 is 14.2 Å². The van der Waals surface area contributed by atoms with Gasteiger partial charge >= 0.3 is 6.09 Å². The average Bonchev–Trinajstić information content (AvgIpc) is 2.48. The quantitative estimate of drug-likeness (QED) is 0.204. The van der Waals surface area contributed by atoms with Crippen molar-refractivity contribution in [1.29, 1.82) is 5.16 Å². The molecule has 0 aromatic carbocycles. The molecule has 10 nitrogen and oxygen atoms in total. The number of amides is 2. The highest BCUT2D eigenvalue weighted by Crippen LogP contribution is 2.10. The summed E-state index contributed by atoms with van der Waals surface area (Å²) in [4.78, 5) is 23.0. The van der Waals surface area contributed by atoms with Gasteiger partial charge in [0.1, 0.15) is 5.60 Å². The number of nitrogens with one attached hydrogen (secondary N) is 5. The van der Waals surface area contributed by atoms with E-state index in [2.05, 4.69) is 21.0 Å². The Morgan fingerprint density at radius 2 is 1.88 bits per heavy atom. The first-order valence-corrected chi connectivity index (χ1v) is 9.57. The summed E-state index contributed by atoms with van der Waals surface area (Å²) in [5.41, 5.74) is 3.80. The molecule has 0 aliphatic carbocycles. The highest BCUT2D eigenvalue weighted by molar-refractivity contribution is 7.41. The van der Waals surface area contributed by atoms with Gasteiger partial charge in [-0.25, -0.2) is 10.2 Å². The zero-order valence-electron chi connectivity index (χ0n) is 15.7. The molecule has 0 fully saturated rings. The Bertz CT molecular complexity index is 430. The minimum Gasteiger partial charge on any atom is -0.443 e. The van der Waals surface area contributed by atoms with Crippen LogP contribution in [0.2, 0.25) is 0 Å². The van der Waals surface area contributed by atoms with Crippen LogP contribution >= 0.6 is 8.01 Å². The molecule has 0 heterocycles. The summed E-state index contributed by atoms with van der Waals surface area (Å²) in [6, 6.07) is 0.0263. The van der Waals surface area contributed by atoms with Crippen molar-refractivity contribution in [3.63, 3.8) is 0 Å². The molecule has 0 saturated heterocycles. The maximum Gasteiger partial charge on any atom is 0.426 e. The second-order valence-electron chi connectivity index (χ2n) is 6.34. The normalized spacial score (nSPS) is 13.8. The van der Waals surface area contributed by atoms with Crippen molar-refractivity contribution in [3.05, 3.63) is 0 Å². The first kappa shape index (κ1) is 23.8. The molecule has 11 heteroatoms. The molecule has 0 bridgehead atoms. The van der Waals surface area contributed by atoms with Crippen molar-refractivity contribution in [2.24, 2.45) is 0 Å². The van der Waals surface area contributed by atoms with Gasteiger partial charge in [0, 0.05) is 26.1 Å². The minimum absolute atomic E-state index is 0.0263. The lowest BCUT2D eigenvalue weighted by atomic mass is 10.2. The van der Waals surface area contributed by atoms with Crippen LogP contribution in [0.1, 0.15) is 34.1 Å². The van der Waals surface area contributed by atoms with E-state index in [1.807, 2.05) is 6.92 Å². The lowest BCUT2D eigenvalue weighted by Gasteiger charge is -2.19. The van der Waals surface area contributed by atoms with Crippen LogP contribution in [0.3, 0.4) is 0 Å². The van der Waals surface area contributed by atoms with E-state index in [-0.39, 0.29) is 18.4 Å². The van der Waals surface area contributed by atoms with E-state index in [9.17, 15) is 9.59 Å². The molecule has 0 aromatic heterocycles. The summed E-state index contributed by atoms with van der Waals surface area (Å²) >= 11 is 0. The first-order valence-electron chi connectivity index (χ1n) is 8.07. The van der Waals surface area contributed by atoms with Crippen molar-refractivity contribution in [2.45, 2.75) is 45.8 Å². The van der Waals surface area contributed by atoms with Gasteiger partial charge in [-0.2, -0.15) is 0 Å². The van der Waals surface area contributed by atoms with Crippen molar-refractivity contribution >= 4 is 20.0 Å². The third-order valence-corrected chi connectivity index (χ3v) is 3.93. The fourth-order valence-electron chi connectivity index (χ4n) is 1.53. The Balaban J connectivity index is 3.75. The molecule has 0 radical (unpaired) electrons. The van der Waals surface area contributed by atoms with Crippen LogP contribution < -0.4 is 21.0 Å². The van der Waals surface area contributed by atoms with Gasteiger partial charge in [0.05, 0.1) is 27.8 Å². The Morgan fingerprint density at radius 1 is 1.20 bits per heavy atom. The maximum absolute atomic E-state index is 11.6. The standard InChI is InChI=1S/C14H32N5O5P/c1-11(10-23-9-8-22-5)19-25(15)16-7-6-12(20)17-18-13(21)24-14(2,3)4/h11,25H,6-10H2,1-5H3,(H,17,20)(H,18,21)(H3,15,16,19). The summed E-state index contributed by atoms with van der Waals surface area (Å²) < 4.78 is 15.2. The highest BCUT2D eigenvalue weighted by atomic mass is 31.1. The molecular weight excluding hydrogens is 349 g/mol. The monoisotopic (exact) mass is 381 g/mol. The van der Waals surface area contributed by atoms with Crippen LogP contribution in [0, 0.1) is 5.16 Å². The molecule has 2 amide bonds. The molecule has 0 spiro atoms. The third kappa shape index (κ3) is 16.0. The molecule has 5 N–H and O–H groups in total. The SMILES string of the molecule is COCCOCC(C)N[PH](=N)NCCC(=O)NNC(=O)OC(C)(C)C. The van der Waals surface area contributed by atoms with E-state index in [1.165, 1.54) is 0 Å². The summed E-state index contributed by atoms with van der Waals surface area (Å²) in [5, 5.41) is 13.9. The molecule has 2 atom stereocenters. The van der Waals surface area contributed by atoms with Crippen molar-refractivity contribution in [2.75, 3.05) is 33.5 Å². The number of hydrazine groups is 1. The van der Waals surface area contributed by atoms with Crippen molar-refractivity contribution in [3.8, 4) is 0 Å². The summed E-state index contributed by atoms with van der Waals surface area (Å²) in [6.07, 6.45) is -0.591. The van der Waals surface area contributed by atoms with Gasteiger partial charge in [-0.3, -0.25) is 25.6 Å².